The van der Waals surface area contributed by atoms with Gasteiger partial charge in [-0.3, -0.25) is 0 Å². The molecule has 0 fully saturated rings. The molecule has 0 amide bonds. The van der Waals surface area contributed by atoms with Gasteiger partial charge in [0.2, 0.25) is 0 Å². The first kappa shape index (κ1) is 14.0. The van der Waals surface area contributed by atoms with Crippen LogP contribution in [0.1, 0.15) is 11.1 Å². The molecule has 20 heavy (non-hydrogen) atoms. The molecule has 0 atom stereocenters. The molecule has 1 N–H and O–H groups in total. The van der Waals surface area contributed by atoms with E-state index in [1.807, 2.05) is 0 Å². The highest BCUT2D eigenvalue weighted by Crippen LogP contribution is 2.15. The molecule has 0 aliphatic heterocycles. The number of aliphatic hydroxyl groups is 1. The van der Waals surface area contributed by atoms with Crippen molar-refractivity contribution in [3.8, 4) is 17.6 Å². The molecule has 2 aromatic carbocycles. The molecule has 0 radical (unpaired) electrons. The maximum atomic E-state index is 13.4. The normalized spacial score (nSPS) is 9.75. The number of rotatable bonds is 3. The van der Waals surface area contributed by atoms with Crippen molar-refractivity contribution in [3.05, 3.63) is 65.2 Å². The van der Waals surface area contributed by atoms with Crippen LogP contribution in [0.3, 0.4) is 0 Å². The van der Waals surface area contributed by atoms with Crippen LogP contribution in [-0.4, -0.2) is 11.7 Å². The van der Waals surface area contributed by atoms with E-state index in [1.54, 1.807) is 6.07 Å². The van der Waals surface area contributed by atoms with Gasteiger partial charge in [-0.15, -0.1) is 0 Å². The molecule has 4 heteroatoms. The lowest BCUT2D eigenvalue weighted by atomic mass is 10.1. The minimum absolute atomic E-state index is 0.150. The molecule has 0 aromatic heterocycles. The standard InChI is InChI=1S/C16H12F2O2/c17-14-3-5-16(6-4-14)20-11-13-8-12(2-1-7-19)9-15(18)10-13/h3-6,8-10,19H,7,11H2. The first-order valence-electron chi connectivity index (χ1n) is 5.95. The van der Waals surface area contributed by atoms with E-state index >= 15 is 0 Å². The SMILES string of the molecule is OCC#Cc1cc(F)cc(COc2ccc(F)cc2)c1. The van der Waals surface area contributed by atoms with Gasteiger partial charge in [-0.2, -0.15) is 0 Å². The summed E-state index contributed by atoms with van der Waals surface area (Å²) < 4.78 is 31.6. The number of benzene rings is 2. The number of hydrogen-bond acceptors (Lipinski definition) is 2. The van der Waals surface area contributed by atoms with Crippen LogP contribution < -0.4 is 4.74 Å². The second kappa shape index (κ2) is 6.69. The highest BCUT2D eigenvalue weighted by Gasteiger charge is 2.01. The van der Waals surface area contributed by atoms with Gasteiger partial charge in [0, 0.05) is 5.56 Å². The summed E-state index contributed by atoms with van der Waals surface area (Å²) >= 11 is 0. The summed E-state index contributed by atoms with van der Waals surface area (Å²) in [7, 11) is 0. The number of ether oxygens (including phenoxy) is 1. The van der Waals surface area contributed by atoms with E-state index in [-0.39, 0.29) is 19.0 Å². The van der Waals surface area contributed by atoms with Crippen LogP contribution in [0.4, 0.5) is 8.78 Å². The van der Waals surface area contributed by atoms with Crippen LogP contribution in [0.15, 0.2) is 42.5 Å². The monoisotopic (exact) mass is 274 g/mol. The van der Waals surface area contributed by atoms with Crippen molar-refractivity contribution < 1.29 is 18.6 Å². The predicted octanol–water partition coefficient (Wildman–Crippen LogP) is 2.89. The van der Waals surface area contributed by atoms with Gasteiger partial charge in [-0.25, -0.2) is 8.78 Å². The van der Waals surface area contributed by atoms with E-state index in [0.29, 0.717) is 16.9 Å². The molecular formula is C16H12F2O2. The Morgan fingerprint density at radius 3 is 2.45 bits per heavy atom. The smallest absolute Gasteiger partial charge is 0.124 e. The largest absolute Gasteiger partial charge is 0.489 e. The second-order valence-corrected chi connectivity index (χ2v) is 4.05. The van der Waals surface area contributed by atoms with Crippen LogP contribution in [0, 0.1) is 23.5 Å². The van der Waals surface area contributed by atoms with Crippen molar-refractivity contribution in [1.82, 2.24) is 0 Å². The van der Waals surface area contributed by atoms with Gasteiger partial charge in [0.15, 0.2) is 0 Å². The third kappa shape index (κ3) is 4.08. The highest BCUT2D eigenvalue weighted by atomic mass is 19.1. The Bertz CT molecular complexity index is 640. The lowest BCUT2D eigenvalue weighted by Crippen LogP contribution is -1.97. The Morgan fingerprint density at radius 2 is 1.75 bits per heavy atom. The van der Waals surface area contributed by atoms with Gasteiger partial charge in [0.05, 0.1) is 0 Å². The summed E-state index contributed by atoms with van der Waals surface area (Å²) in [5.41, 5.74) is 1.08. The number of hydrogen-bond donors (Lipinski definition) is 1. The molecule has 0 aliphatic rings. The molecular weight excluding hydrogens is 262 g/mol. The summed E-state index contributed by atoms with van der Waals surface area (Å²) in [6, 6.07) is 9.88. The van der Waals surface area contributed by atoms with E-state index in [1.165, 1.54) is 36.4 Å². The minimum atomic E-state index is -0.424. The first-order valence-corrected chi connectivity index (χ1v) is 5.95. The molecule has 0 spiro atoms. The summed E-state index contributed by atoms with van der Waals surface area (Å²) in [6.45, 7) is -0.130. The highest BCUT2D eigenvalue weighted by molar-refractivity contribution is 5.38. The van der Waals surface area contributed by atoms with Crippen molar-refractivity contribution in [2.45, 2.75) is 6.61 Å². The first-order chi connectivity index (χ1) is 9.67. The topological polar surface area (TPSA) is 29.5 Å². The van der Waals surface area contributed by atoms with Crippen molar-refractivity contribution in [3.63, 3.8) is 0 Å². The fourth-order valence-corrected chi connectivity index (χ4v) is 1.64. The van der Waals surface area contributed by atoms with Crippen molar-refractivity contribution in [2.24, 2.45) is 0 Å². The molecule has 2 rings (SSSR count). The Kier molecular flexibility index (Phi) is 4.70. The summed E-state index contributed by atoms with van der Waals surface area (Å²) in [6.07, 6.45) is 0. The molecule has 0 aliphatic carbocycles. The second-order valence-electron chi connectivity index (χ2n) is 4.05. The van der Waals surface area contributed by atoms with Gasteiger partial charge in [-0.1, -0.05) is 11.8 Å². The zero-order valence-electron chi connectivity index (χ0n) is 10.6. The maximum Gasteiger partial charge on any atom is 0.124 e. The van der Waals surface area contributed by atoms with Gasteiger partial charge in [0.25, 0.3) is 0 Å². The fraction of sp³-hybridized carbons (Fsp3) is 0.125. The lowest BCUT2D eigenvalue weighted by molar-refractivity contribution is 0.305. The Hall–Kier alpha value is -2.38. The molecule has 0 heterocycles. The van der Waals surface area contributed by atoms with E-state index in [9.17, 15) is 8.78 Å². The van der Waals surface area contributed by atoms with E-state index in [2.05, 4.69) is 11.8 Å². The molecule has 2 nitrogen and oxygen atoms in total. The fourth-order valence-electron chi connectivity index (χ4n) is 1.64. The third-order valence-electron chi connectivity index (χ3n) is 2.49. The van der Waals surface area contributed by atoms with E-state index in [4.69, 9.17) is 9.84 Å². The Morgan fingerprint density at radius 1 is 1.00 bits per heavy atom. The molecule has 0 bridgehead atoms. The third-order valence-corrected chi connectivity index (χ3v) is 2.49. The lowest BCUT2D eigenvalue weighted by Gasteiger charge is -2.07. The average molecular weight is 274 g/mol. The van der Waals surface area contributed by atoms with Crippen LogP contribution in [0.5, 0.6) is 5.75 Å². The quantitative estimate of drug-likeness (QED) is 0.872. The predicted molar refractivity (Wildman–Crippen MR) is 71.1 cm³/mol. The van der Waals surface area contributed by atoms with E-state index in [0.717, 1.165) is 0 Å². The summed E-state index contributed by atoms with van der Waals surface area (Å²) in [5, 5.41) is 8.62. The number of aliphatic hydroxyl groups excluding tert-OH is 1. The molecule has 0 unspecified atom stereocenters. The van der Waals surface area contributed by atoms with Crippen LogP contribution in [-0.2, 0) is 6.61 Å². The zero-order chi connectivity index (χ0) is 14.4. The van der Waals surface area contributed by atoms with Gasteiger partial charge in [-0.05, 0) is 48.0 Å². The van der Waals surface area contributed by atoms with Crippen molar-refractivity contribution in [2.75, 3.05) is 6.61 Å². The average Bonchev–Trinajstić information content (AvgIpc) is 2.44. The Labute approximate surface area is 115 Å². The van der Waals surface area contributed by atoms with Crippen LogP contribution in [0.2, 0.25) is 0 Å². The minimum Gasteiger partial charge on any atom is -0.489 e. The molecule has 102 valence electrons. The zero-order valence-corrected chi connectivity index (χ0v) is 10.6. The summed E-state index contributed by atoms with van der Waals surface area (Å²) in [4.78, 5) is 0. The Balaban J connectivity index is 2.09. The van der Waals surface area contributed by atoms with E-state index < -0.39 is 5.82 Å². The van der Waals surface area contributed by atoms with Crippen molar-refractivity contribution >= 4 is 0 Å². The molecule has 0 saturated heterocycles. The summed E-state index contributed by atoms with van der Waals surface area (Å²) in [5.74, 6) is 4.82. The van der Waals surface area contributed by atoms with Crippen LogP contribution in [0.25, 0.3) is 0 Å². The maximum absolute atomic E-state index is 13.4. The molecule has 2 aromatic rings. The van der Waals surface area contributed by atoms with Crippen LogP contribution >= 0.6 is 0 Å². The molecule has 0 saturated carbocycles. The van der Waals surface area contributed by atoms with Gasteiger partial charge in [0.1, 0.15) is 30.6 Å². The van der Waals surface area contributed by atoms with Gasteiger partial charge < -0.3 is 9.84 Å². The van der Waals surface area contributed by atoms with Crippen molar-refractivity contribution in [1.29, 1.82) is 0 Å². The van der Waals surface area contributed by atoms with Gasteiger partial charge >= 0.3 is 0 Å². The number of halogens is 2.